The summed E-state index contributed by atoms with van der Waals surface area (Å²) in [6, 6.07) is 11.1. The molecule has 15 atom stereocenters. The number of methoxy groups -OCH3 is 1. The maximum absolute atomic E-state index is 14.5. The van der Waals surface area contributed by atoms with E-state index in [0.717, 1.165) is 18.2 Å². The van der Waals surface area contributed by atoms with E-state index in [2.05, 4.69) is 0 Å². The van der Waals surface area contributed by atoms with Crippen LogP contribution in [0.25, 0.3) is 28.4 Å². The summed E-state index contributed by atoms with van der Waals surface area (Å²) in [5.41, 5.74) is -1.13. The molecule has 0 amide bonds. The van der Waals surface area contributed by atoms with Crippen LogP contribution in [0.2, 0.25) is 0 Å². The predicted octanol–water partition coefficient (Wildman–Crippen LogP) is -2.97. The van der Waals surface area contributed by atoms with Crippen LogP contribution in [-0.2, 0) is 28.5 Å². The van der Waals surface area contributed by atoms with E-state index in [4.69, 9.17) is 42.3 Å². The van der Waals surface area contributed by atoms with Crippen LogP contribution < -0.4 is 19.6 Å². The average molecular weight is 949 g/mol. The Morgan fingerprint density at radius 1 is 0.657 bits per heavy atom. The fourth-order valence-electron chi connectivity index (χ4n) is 7.53. The molecule has 3 aromatic carbocycles. The number of rotatable bonds is 14. The molecule has 0 unspecified atom stereocenters. The Balaban J connectivity index is 1.24. The molecule has 364 valence electrons. The van der Waals surface area contributed by atoms with Crippen molar-refractivity contribution < 1.29 is 113 Å². The van der Waals surface area contributed by atoms with E-state index in [-0.39, 0.29) is 28.6 Å². The molecule has 24 heteroatoms. The molecule has 7 rings (SSSR count). The van der Waals surface area contributed by atoms with E-state index < -0.39 is 152 Å². The van der Waals surface area contributed by atoms with Gasteiger partial charge < -0.3 is 109 Å². The minimum Gasteiger partial charge on any atom is -0.508 e. The van der Waals surface area contributed by atoms with Crippen LogP contribution in [-0.4, -0.2) is 191 Å². The second-order valence-electron chi connectivity index (χ2n) is 15.6. The van der Waals surface area contributed by atoms with Gasteiger partial charge in [-0.25, -0.2) is 4.79 Å². The number of phenols is 3. The minimum atomic E-state index is -2.05. The number of carbonyl (C=O) groups is 1. The number of aliphatic hydroxyl groups is 10. The van der Waals surface area contributed by atoms with Crippen molar-refractivity contribution in [1.82, 2.24) is 0 Å². The third-order valence-electron chi connectivity index (χ3n) is 11.2. The highest BCUT2D eigenvalue weighted by atomic mass is 16.8. The van der Waals surface area contributed by atoms with Crippen LogP contribution in [0, 0.1) is 0 Å². The monoisotopic (exact) mass is 948 g/mol. The maximum Gasteiger partial charge on any atom is 0.331 e. The average Bonchev–Trinajstić information content (AvgIpc) is 3.31. The molecule has 0 bridgehead atoms. The number of esters is 1. The molecule has 13 N–H and O–H groups in total. The van der Waals surface area contributed by atoms with Crippen LogP contribution in [0.15, 0.2) is 69.9 Å². The highest BCUT2D eigenvalue weighted by molar-refractivity contribution is 5.89. The van der Waals surface area contributed by atoms with Gasteiger partial charge in [0.2, 0.25) is 23.8 Å². The quantitative estimate of drug-likeness (QED) is 0.0443. The Labute approximate surface area is 377 Å². The summed E-state index contributed by atoms with van der Waals surface area (Å²) < 4.78 is 51.1. The Morgan fingerprint density at radius 3 is 1.85 bits per heavy atom. The summed E-state index contributed by atoms with van der Waals surface area (Å²) in [6.07, 6.45) is -25.3. The predicted molar refractivity (Wildman–Crippen MR) is 220 cm³/mol. The second kappa shape index (κ2) is 20.7. The number of hydrogen-bond acceptors (Lipinski definition) is 24. The van der Waals surface area contributed by atoms with Crippen molar-refractivity contribution >= 4 is 23.0 Å². The van der Waals surface area contributed by atoms with Crippen molar-refractivity contribution in [2.75, 3.05) is 26.9 Å². The molecular weight excluding hydrogens is 900 g/mol. The van der Waals surface area contributed by atoms with Gasteiger partial charge in [0, 0.05) is 23.8 Å². The minimum absolute atomic E-state index is 0.0309. The maximum atomic E-state index is 14.5. The zero-order valence-electron chi connectivity index (χ0n) is 34.9. The summed E-state index contributed by atoms with van der Waals surface area (Å²) >= 11 is 0. The number of benzene rings is 3. The van der Waals surface area contributed by atoms with Crippen molar-refractivity contribution in [3.63, 3.8) is 0 Å². The van der Waals surface area contributed by atoms with E-state index >= 15 is 0 Å². The molecule has 24 nitrogen and oxygen atoms in total. The lowest BCUT2D eigenvalue weighted by Crippen LogP contribution is -2.65. The molecule has 3 aliphatic rings. The van der Waals surface area contributed by atoms with Crippen LogP contribution in [0.3, 0.4) is 0 Å². The van der Waals surface area contributed by atoms with Gasteiger partial charge in [0.25, 0.3) is 0 Å². The molecule has 4 aromatic rings. The molecule has 67 heavy (non-hydrogen) atoms. The van der Waals surface area contributed by atoms with Crippen LogP contribution in [0.1, 0.15) is 5.56 Å². The van der Waals surface area contributed by atoms with Gasteiger partial charge in [0.1, 0.15) is 89.3 Å². The first-order valence-corrected chi connectivity index (χ1v) is 20.4. The number of hydrogen-bond donors (Lipinski definition) is 13. The van der Waals surface area contributed by atoms with Gasteiger partial charge in [0.15, 0.2) is 35.8 Å². The molecule has 0 radical (unpaired) electrons. The summed E-state index contributed by atoms with van der Waals surface area (Å²) in [4.78, 5) is 27.5. The molecule has 3 saturated heterocycles. The molecule has 3 fully saturated rings. The second-order valence-corrected chi connectivity index (χ2v) is 15.6. The number of carbonyl (C=O) groups excluding carboxylic acids is 1. The number of ether oxygens (including phenoxy) is 8. The van der Waals surface area contributed by atoms with E-state index in [1.54, 1.807) is 0 Å². The van der Waals surface area contributed by atoms with Gasteiger partial charge in [-0.05, 0) is 48.0 Å². The molecule has 4 heterocycles. The zero-order valence-corrected chi connectivity index (χ0v) is 34.9. The van der Waals surface area contributed by atoms with E-state index in [1.165, 1.54) is 55.7 Å². The number of phenolic OH excluding ortho intramolecular Hbond substituents is 3. The highest BCUT2D eigenvalue weighted by Gasteiger charge is 2.52. The van der Waals surface area contributed by atoms with Gasteiger partial charge in [-0.3, -0.25) is 4.79 Å². The molecule has 0 aliphatic carbocycles. The normalized spacial score (nSPS) is 32.3. The van der Waals surface area contributed by atoms with Crippen molar-refractivity contribution in [1.29, 1.82) is 0 Å². The van der Waals surface area contributed by atoms with Crippen LogP contribution in [0.4, 0.5) is 0 Å². The Bertz CT molecular complexity index is 2440. The van der Waals surface area contributed by atoms with E-state index in [9.17, 15) is 76.0 Å². The van der Waals surface area contributed by atoms with Gasteiger partial charge in [-0.15, -0.1) is 0 Å². The molecule has 3 aliphatic heterocycles. The van der Waals surface area contributed by atoms with Crippen molar-refractivity contribution in [3.8, 4) is 45.8 Å². The summed E-state index contributed by atoms with van der Waals surface area (Å²) in [5, 5.41) is 135. The molecule has 0 saturated carbocycles. The van der Waals surface area contributed by atoms with E-state index in [1.807, 2.05) is 0 Å². The first-order chi connectivity index (χ1) is 32.0. The lowest BCUT2D eigenvalue weighted by molar-refractivity contribution is -0.358. The topological polar surface area (TPSA) is 384 Å². The van der Waals surface area contributed by atoms with Crippen LogP contribution in [0.5, 0.6) is 34.5 Å². The SMILES string of the molecule is COc1cc(/C=C/C(=O)O[C@H]2[C@H](Oc3cc(O)c4c(=O)c(O[C@@H]5O[C@H](CO)[C@@H](O)[C@@H](O)[C@@H]5O[C@@H]5O[C@H](CO)[C@@H](O)[C@@H](O)[C@H]5O)c(-c5ccc(O)cc5)oc4c3)O[C@@H](CO)[C@H](O)[C@@H]2O)ccc1O. The van der Waals surface area contributed by atoms with Gasteiger partial charge in [-0.2, -0.15) is 0 Å². The number of fused-ring (bicyclic) bond motifs is 1. The molecular formula is C43H48O24. The number of aromatic hydroxyl groups is 3. The standard InChI is InChI=1S/C43H48O24/c1-59-22-10-16(2-8-20(22)48)3-9-27(50)65-39-34(56)30(52)25(14-45)63-42(39)60-19-11-21(49)28-23(12-19)61-37(17-4-6-18(47)7-5-17)38(32(28)54)66-43-40(35(57)31(53)26(15-46)64-43)67-41-36(58)33(55)29(51)24(13-44)62-41/h2-12,24-26,29-31,33-36,39-49,51-53,55-58H,13-15H2,1H3/b9-3+/t24-,25+,26-,29-,30+,31-,33-,34+,35-,36-,39-,40+,41+,42-,43+/m1/s1. The molecule has 1 aromatic heterocycles. The lowest BCUT2D eigenvalue weighted by atomic mass is 9.97. The Kier molecular flexibility index (Phi) is 15.2. The van der Waals surface area contributed by atoms with Gasteiger partial charge in [-0.1, -0.05) is 6.07 Å². The fourth-order valence-corrected chi connectivity index (χ4v) is 7.53. The Hall–Kier alpha value is -5.68. The largest absolute Gasteiger partial charge is 0.508 e. The van der Waals surface area contributed by atoms with Crippen LogP contribution >= 0.6 is 0 Å². The van der Waals surface area contributed by atoms with Crippen molar-refractivity contribution in [2.24, 2.45) is 0 Å². The highest BCUT2D eigenvalue weighted by Crippen LogP contribution is 2.40. The first kappa shape index (κ1) is 49.2. The van der Waals surface area contributed by atoms with Crippen molar-refractivity contribution in [3.05, 3.63) is 76.5 Å². The third kappa shape index (κ3) is 10.1. The van der Waals surface area contributed by atoms with E-state index in [0.29, 0.717) is 5.56 Å². The van der Waals surface area contributed by atoms with Crippen molar-refractivity contribution in [2.45, 2.75) is 92.1 Å². The van der Waals surface area contributed by atoms with Gasteiger partial charge >= 0.3 is 5.97 Å². The Morgan fingerprint density at radius 2 is 1.24 bits per heavy atom. The first-order valence-electron chi connectivity index (χ1n) is 20.4. The smallest absolute Gasteiger partial charge is 0.331 e. The summed E-state index contributed by atoms with van der Waals surface area (Å²) in [5.74, 6) is -3.76. The lowest BCUT2D eigenvalue weighted by Gasteiger charge is -2.45. The zero-order chi connectivity index (χ0) is 48.4. The van der Waals surface area contributed by atoms with Gasteiger partial charge in [0.05, 0.1) is 26.9 Å². The third-order valence-corrected chi connectivity index (χ3v) is 11.2. The summed E-state index contributed by atoms with van der Waals surface area (Å²) in [7, 11) is 1.32. The summed E-state index contributed by atoms with van der Waals surface area (Å²) in [6.45, 7) is -2.62. The number of aliphatic hydroxyl groups excluding tert-OH is 10. The molecule has 0 spiro atoms. The fraction of sp³-hybridized carbons (Fsp3) is 0.442.